The van der Waals surface area contributed by atoms with Crippen molar-refractivity contribution in [1.29, 1.82) is 0 Å². The minimum absolute atomic E-state index is 0.348. The Morgan fingerprint density at radius 2 is 1.56 bits per heavy atom. The molecule has 1 atom stereocenters. The van der Waals surface area contributed by atoms with Gasteiger partial charge in [-0.15, -0.1) is 11.8 Å². The van der Waals surface area contributed by atoms with Crippen LogP contribution >= 0.6 is 23.7 Å². The van der Waals surface area contributed by atoms with Crippen molar-refractivity contribution in [2.75, 3.05) is 5.75 Å². The third-order valence-corrected chi connectivity index (χ3v) is 6.83. The molecule has 0 radical (unpaired) electrons. The number of hydrogen-bond donors (Lipinski definition) is 0. The molecule has 0 aliphatic carbocycles. The maximum atomic E-state index is 2.33. The lowest BCUT2D eigenvalue weighted by atomic mass is 10.0. The largest absolute Gasteiger partial charge is 0.287 e. The topological polar surface area (TPSA) is 4.93 Å². The summed E-state index contributed by atoms with van der Waals surface area (Å²) in [4.78, 5) is 1.26. The normalized spacial score (nSPS) is 12.4. The number of benzene rings is 3. The van der Waals surface area contributed by atoms with Gasteiger partial charge in [0, 0.05) is 16.5 Å². The zero-order chi connectivity index (χ0) is 18.6. The zero-order valence-corrected chi connectivity index (χ0v) is 17.3. The van der Waals surface area contributed by atoms with E-state index in [-0.39, 0.29) is 0 Å². The molecule has 3 heteroatoms. The van der Waals surface area contributed by atoms with Crippen LogP contribution in [-0.4, -0.2) is 9.73 Å². The standard InChI is InChI=1S/C24H23NS2/c1-3-26-24(19-9-5-4-6-10-19)22-17-25(23-12-8-7-11-21(22)23)27-20-15-13-18(2)14-16-20/h4-17,24H,3H2,1-2H3. The molecule has 27 heavy (non-hydrogen) atoms. The zero-order valence-electron chi connectivity index (χ0n) is 15.6. The Morgan fingerprint density at radius 1 is 0.852 bits per heavy atom. The van der Waals surface area contributed by atoms with Gasteiger partial charge in [-0.25, -0.2) is 0 Å². The number of aryl methyl sites for hydroxylation is 1. The lowest BCUT2D eigenvalue weighted by Gasteiger charge is -2.16. The molecule has 0 aliphatic rings. The smallest absolute Gasteiger partial charge is 0.0597 e. The summed E-state index contributed by atoms with van der Waals surface area (Å²) in [5.41, 5.74) is 5.33. The van der Waals surface area contributed by atoms with Crippen LogP contribution in [0.1, 0.15) is 28.9 Å². The Balaban J connectivity index is 1.80. The van der Waals surface area contributed by atoms with Crippen molar-refractivity contribution in [3.63, 3.8) is 0 Å². The molecule has 1 heterocycles. The second kappa shape index (κ2) is 8.28. The highest BCUT2D eigenvalue weighted by Crippen LogP contribution is 2.41. The van der Waals surface area contributed by atoms with Gasteiger partial charge in [-0.1, -0.05) is 73.2 Å². The van der Waals surface area contributed by atoms with Gasteiger partial charge in [-0.2, -0.15) is 0 Å². The number of para-hydroxylation sites is 1. The first-order valence-corrected chi connectivity index (χ1v) is 11.1. The SMILES string of the molecule is CCSC(c1ccccc1)c1cn(Sc2ccc(C)cc2)c2ccccc12. The monoisotopic (exact) mass is 389 g/mol. The first-order chi connectivity index (χ1) is 13.3. The first kappa shape index (κ1) is 18.3. The molecule has 0 saturated carbocycles. The van der Waals surface area contributed by atoms with Crippen molar-refractivity contribution in [2.45, 2.75) is 24.0 Å². The van der Waals surface area contributed by atoms with Crippen molar-refractivity contribution in [3.05, 3.63) is 102 Å². The van der Waals surface area contributed by atoms with Gasteiger partial charge in [0.15, 0.2) is 0 Å². The molecular weight excluding hydrogens is 366 g/mol. The molecule has 4 aromatic rings. The van der Waals surface area contributed by atoms with E-state index in [4.69, 9.17) is 0 Å². The summed E-state index contributed by atoms with van der Waals surface area (Å²) in [6.07, 6.45) is 2.33. The molecule has 0 N–H and O–H groups in total. The van der Waals surface area contributed by atoms with Crippen LogP contribution in [0.2, 0.25) is 0 Å². The van der Waals surface area contributed by atoms with Gasteiger partial charge in [-0.05, 0) is 54.0 Å². The highest BCUT2D eigenvalue weighted by atomic mass is 32.2. The van der Waals surface area contributed by atoms with E-state index >= 15 is 0 Å². The van der Waals surface area contributed by atoms with Crippen molar-refractivity contribution < 1.29 is 0 Å². The van der Waals surface area contributed by atoms with Crippen LogP contribution in [0.25, 0.3) is 10.9 Å². The summed E-state index contributed by atoms with van der Waals surface area (Å²) < 4.78 is 2.32. The van der Waals surface area contributed by atoms with E-state index in [1.807, 2.05) is 11.8 Å². The fourth-order valence-electron chi connectivity index (χ4n) is 3.33. The average molecular weight is 390 g/mol. The summed E-state index contributed by atoms with van der Waals surface area (Å²) in [5.74, 6) is 1.09. The van der Waals surface area contributed by atoms with Gasteiger partial charge < -0.3 is 0 Å². The van der Waals surface area contributed by atoms with Crippen LogP contribution < -0.4 is 0 Å². The van der Waals surface area contributed by atoms with Gasteiger partial charge in [0.25, 0.3) is 0 Å². The van der Waals surface area contributed by atoms with E-state index in [2.05, 4.69) is 103 Å². The molecule has 1 unspecified atom stereocenters. The van der Waals surface area contributed by atoms with Crippen LogP contribution in [-0.2, 0) is 0 Å². The molecule has 0 saturated heterocycles. The third kappa shape index (κ3) is 3.95. The maximum absolute atomic E-state index is 2.33. The summed E-state index contributed by atoms with van der Waals surface area (Å²) in [6.45, 7) is 4.37. The molecule has 3 aromatic carbocycles. The predicted molar refractivity (Wildman–Crippen MR) is 121 cm³/mol. The van der Waals surface area contributed by atoms with E-state index in [9.17, 15) is 0 Å². The lowest BCUT2D eigenvalue weighted by molar-refractivity contribution is 1.15. The van der Waals surface area contributed by atoms with Gasteiger partial charge in [0.05, 0.1) is 10.8 Å². The summed E-state index contributed by atoms with van der Waals surface area (Å²) in [7, 11) is 0. The molecule has 0 bridgehead atoms. The molecule has 1 nitrogen and oxygen atoms in total. The van der Waals surface area contributed by atoms with Gasteiger partial charge >= 0.3 is 0 Å². The lowest BCUT2D eigenvalue weighted by Crippen LogP contribution is -1.96. The summed E-state index contributed by atoms with van der Waals surface area (Å²) in [6, 6.07) is 28.3. The number of hydrogen-bond acceptors (Lipinski definition) is 2. The number of fused-ring (bicyclic) bond motifs is 1. The Morgan fingerprint density at radius 3 is 2.30 bits per heavy atom. The number of aromatic nitrogens is 1. The fraction of sp³-hybridized carbons (Fsp3) is 0.167. The Kier molecular flexibility index (Phi) is 5.61. The second-order valence-corrected chi connectivity index (χ2v) is 9.01. The molecule has 0 amide bonds. The fourth-order valence-corrected chi connectivity index (χ4v) is 5.29. The van der Waals surface area contributed by atoms with Gasteiger partial charge in [0.1, 0.15) is 0 Å². The average Bonchev–Trinajstić information content (AvgIpc) is 3.07. The van der Waals surface area contributed by atoms with Crippen molar-refractivity contribution in [2.24, 2.45) is 0 Å². The Bertz CT molecular complexity index is 1020. The number of nitrogens with zero attached hydrogens (tertiary/aromatic N) is 1. The van der Waals surface area contributed by atoms with E-state index in [1.165, 1.54) is 32.5 Å². The molecule has 0 aliphatic heterocycles. The summed E-state index contributed by atoms with van der Waals surface area (Å²) >= 11 is 3.78. The van der Waals surface area contributed by atoms with Gasteiger partial charge in [-0.3, -0.25) is 3.97 Å². The minimum Gasteiger partial charge on any atom is -0.287 e. The second-order valence-electron chi connectivity index (χ2n) is 6.58. The third-order valence-electron chi connectivity index (χ3n) is 4.65. The van der Waals surface area contributed by atoms with E-state index in [0.29, 0.717) is 5.25 Å². The minimum atomic E-state index is 0.348. The van der Waals surface area contributed by atoms with Crippen molar-refractivity contribution >= 4 is 34.6 Å². The van der Waals surface area contributed by atoms with Crippen LogP contribution in [0.3, 0.4) is 0 Å². The van der Waals surface area contributed by atoms with E-state index < -0.39 is 0 Å². The van der Waals surface area contributed by atoms with Gasteiger partial charge in [0.2, 0.25) is 0 Å². The summed E-state index contributed by atoms with van der Waals surface area (Å²) in [5, 5.41) is 1.69. The molecule has 136 valence electrons. The number of rotatable bonds is 6. The maximum Gasteiger partial charge on any atom is 0.0597 e. The Hall–Kier alpha value is -2.10. The molecule has 0 spiro atoms. The molecule has 4 rings (SSSR count). The van der Waals surface area contributed by atoms with Crippen LogP contribution in [0.4, 0.5) is 0 Å². The Labute approximate surface area is 169 Å². The highest BCUT2D eigenvalue weighted by Gasteiger charge is 2.20. The number of thioether (sulfide) groups is 1. The van der Waals surface area contributed by atoms with E-state index in [0.717, 1.165) is 5.75 Å². The predicted octanol–water partition coefficient (Wildman–Crippen LogP) is 7.35. The molecule has 0 fully saturated rings. The molecular formula is C24H23NS2. The highest BCUT2D eigenvalue weighted by molar-refractivity contribution is 7.99. The van der Waals surface area contributed by atoms with Crippen LogP contribution in [0, 0.1) is 6.92 Å². The van der Waals surface area contributed by atoms with Crippen molar-refractivity contribution in [1.82, 2.24) is 3.97 Å². The molecule has 1 aromatic heterocycles. The van der Waals surface area contributed by atoms with Crippen LogP contribution in [0.15, 0.2) is 90.0 Å². The quantitative estimate of drug-likeness (QED) is 0.340. The van der Waals surface area contributed by atoms with Crippen LogP contribution in [0.5, 0.6) is 0 Å². The van der Waals surface area contributed by atoms with E-state index in [1.54, 1.807) is 11.9 Å². The van der Waals surface area contributed by atoms with Crippen molar-refractivity contribution in [3.8, 4) is 0 Å². The first-order valence-electron chi connectivity index (χ1n) is 9.28.